The number of benzene rings is 2. The number of carbonyl (C=O) groups excluding carboxylic acids is 1. The number of pyridine rings is 1. The monoisotopic (exact) mass is 422 g/mol. The maximum Gasteiger partial charge on any atom is 0.586 e. The van der Waals surface area contributed by atoms with E-state index in [-0.39, 0.29) is 23.7 Å². The number of aromatic nitrogens is 1. The van der Waals surface area contributed by atoms with Crippen molar-refractivity contribution in [3.05, 3.63) is 77.5 Å². The van der Waals surface area contributed by atoms with Crippen LogP contribution in [-0.4, -0.2) is 17.1 Å². The Morgan fingerprint density at radius 3 is 2.45 bits per heavy atom. The van der Waals surface area contributed by atoms with Gasteiger partial charge in [0.1, 0.15) is 5.78 Å². The van der Waals surface area contributed by atoms with Crippen molar-refractivity contribution in [2.45, 2.75) is 37.5 Å². The highest BCUT2D eigenvalue weighted by Crippen LogP contribution is 2.52. The number of fused-ring (bicyclic) bond motifs is 1. The average Bonchev–Trinajstić information content (AvgIpc) is 3.51. The fourth-order valence-electron chi connectivity index (χ4n) is 3.98. The first-order valence-electron chi connectivity index (χ1n) is 10.1. The van der Waals surface area contributed by atoms with E-state index in [2.05, 4.69) is 14.5 Å². The molecule has 3 aromatic rings. The Hall–Kier alpha value is -3.32. The lowest BCUT2D eigenvalue weighted by Gasteiger charge is -2.15. The molecule has 0 unspecified atom stereocenters. The van der Waals surface area contributed by atoms with Crippen LogP contribution in [0.3, 0.4) is 0 Å². The molecule has 1 aliphatic carbocycles. The van der Waals surface area contributed by atoms with Crippen LogP contribution in [0.25, 0.3) is 11.3 Å². The molecule has 0 atom stereocenters. The Morgan fingerprint density at radius 1 is 1.00 bits per heavy atom. The summed E-state index contributed by atoms with van der Waals surface area (Å²) in [6, 6.07) is 18.0. The number of nitrogens with two attached hydrogens (primary N) is 1. The molecule has 31 heavy (non-hydrogen) atoms. The normalized spacial score (nSPS) is 17.4. The van der Waals surface area contributed by atoms with Gasteiger partial charge in [-0.2, -0.15) is 0 Å². The van der Waals surface area contributed by atoms with Crippen molar-refractivity contribution < 1.29 is 23.0 Å². The molecule has 0 bridgehead atoms. The number of Topliss-reactive ketones (excluding diaryl/α,β-unsaturated/α-hetero) is 1. The van der Waals surface area contributed by atoms with Crippen molar-refractivity contribution in [3.8, 4) is 22.8 Å². The molecule has 1 aliphatic heterocycles. The SMILES string of the molecule is NCc1ccc(-c2cccc(CC(=O)C3(c4ccc5c(c4)OC(F)(F)O5)CC3)n2)cc1. The molecular weight excluding hydrogens is 402 g/mol. The lowest BCUT2D eigenvalue weighted by atomic mass is 9.88. The highest BCUT2D eigenvalue weighted by Gasteiger charge is 2.52. The van der Waals surface area contributed by atoms with E-state index < -0.39 is 11.7 Å². The van der Waals surface area contributed by atoms with Crippen LogP contribution >= 0.6 is 0 Å². The molecule has 2 aliphatic rings. The maximum atomic E-state index is 13.3. The summed E-state index contributed by atoms with van der Waals surface area (Å²) in [5.41, 5.74) is 9.07. The fourth-order valence-corrected chi connectivity index (χ4v) is 3.98. The Balaban J connectivity index is 1.36. The van der Waals surface area contributed by atoms with Gasteiger partial charge in [-0.25, -0.2) is 0 Å². The molecule has 158 valence electrons. The van der Waals surface area contributed by atoms with E-state index in [1.54, 1.807) is 6.07 Å². The number of ether oxygens (including phenoxy) is 2. The molecule has 5 nitrogen and oxygen atoms in total. The summed E-state index contributed by atoms with van der Waals surface area (Å²) < 4.78 is 35.6. The zero-order valence-electron chi connectivity index (χ0n) is 16.6. The molecule has 0 radical (unpaired) electrons. The summed E-state index contributed by atoms with van der Waals surface area (Å²) in [6.07, 6.45) is -2.17. The van der Waals surface area contributed by atoms with Gasteiger partial charge in [-0.1, -0.05) is 36.4 Å². The lowest BCUT2D eigenvalue weighted by molar-refractivity contribution is -0.286. The molecule has 2 aromatic carbocycles. The molecule has 2 N–H and O–H groups in total. The molecule has 1 aromatic heterocycles. The summed E-state index contributed by atoms with van der Waals surface area (Å²) in [7, 11) is 0. The van der Waals surface area contributed by atoms with Gasteiger partial charge in [0.05, 0.1) is 11.1 Å². The molecule has 7 heteroatoms. The quantitative estimate of drug-likeness (QED) is 0.639. The molecule has 1 saturated carbocycles. The van der Waals surface area contributed by atoms with Crippen molar-refractivity contribution in [3.63, 3.8) is 0 Å². The van der Waals surface area contributed by atoms with E-state index in [0.29, 0.717) is 30.6 Å². The van der Waals surface area contributed by atoms with Gasteiger partial charge in [-0.3, -0.25) is 9.78 Å². The largest absolute Gasteiger partial charge is 0.586 e. The first-order valence-corrected chi connectivity index (χ1v) is 10.1. The first-order chi connectivity index (χ1) is 14.9. The average molecular weight is 422 g/mol. The van der Waals surface area contributed by atoms with Gasteiger partial charge in [0.2, 0.25) is 0 Å². The highest BCUT2D eigenvalue weighted by atomic mass is 19.3. The molecular formula is C24H20F2N2O3. The predicted molar refractivity (Wildman–Crippen MR) is 110 cm³/mol. The Labute approximate surface area is 177 Å². The minimum atomic E-state index is -3.67. The summed E-state index contributed by atoms with van der Waals surface area (Å²) >= 11 is 0. The molecule has 2 heterocycles. The Bertz CT molecular complexity index is 1160. The van der Waals surface area contributed by atoms with Gasteiger partial charge in [-0.15, -0.1) is 8.78 Å². The number of hydrogen-bond acceptors (Lipinski definition) is 5. The first kappa shape index (κ1) is 19.6. The van der Waals surface area contributed by atoms with Crippen LogP contribution in [0.5, 0.6) is 11.5 Å². The van der Waals surface area contributed by atoms with E-state index >= 15 is 0 Å². The fraction of sp³-hybridized carbons (Fsp3) is 0.250. The van der Waals surface area contributed by atoms with Gasteiger partial charge in [0.25, 0.3) is 0 Å². The van der Waals surface area contributed by atoms with Gasteiger partial charge >= 0.3 is 6.29 Å². The minimum absolute atomic E-state index is 0.0151. The molecule has 0 spiro atoms. The topological polar surface area (TPSA) is 74.4 Å². The smallest absolute Gasteiger partial charge is 0.395 e. The number of alkyl halides is 2. The van der Waals surface area contributed by atoms with Crippen LogP contribution in [0.15, 0.2) is 60.7 Å². The number of hydrogen-bond donors (Lipinski definition) is 1. The second-order valence-corrected chi connectivity index (χ2v) is 7.93. The Kier molecular flexibility index (Phi) is 4.51. The van der Waals surface area contributed by atoms with Crippen LogP contribution in [0.1, 0.15) is 29.7 Å². The summed E-state index contributed by atoms with van der Waals surface area (Å²) in [5, 5.41) is 0. The van der Waals surface area contributed by atoms with Gasteiger partial charge in [-0.05, 0) is 48.2 Å². The zero-order chi connectivity index (χ0) is 21.6. The van der Waals surface area contributed by atoms with E-state index in [0.717, 1.165) is 16.8 Å². The third-order valence-corrected chi connectivity index (χ3v) is 5.87. The Morgan fingerprint density at radius 2 is 1.74 bits per heavy atom. The number of nitrogens with zero attached hydrogens (tertiary/aromatic N) is 1. The molecule has 5 rings (SSSR count). The third kappa shape index (κ3) is 3.65. The van der Waals surface area contributed by atoms with Crippen LogP contribution in [0.4, 0.5) is 8.78 Å². The van der Waals surface area contributed by atoms with Crippen LogP contribution in [0, 0.1) is 0 Å². The zero-order valence-corrected chi connectivity index (χ0v) is 16.6. The second kappa shape index (κ2) is 7.13. The van der Waals surface area contributed by atoms with Crippen molar-refractivity contribution in [2.24, 2.45) is 5.73 Å². The number of halogens is 2. The predicted octanol–water partition coefficient (Wildman–Crippen LogP) is 4.37. The maximum absolute atomic E-state index is 13.3. The van der Waals surface area contributed by atoms with Gasteiger partial charge in [0.15, 0.2) is 11.5 Å². The number of rotatable bonds is 6. The standard InChI is InChI=1S/C24H20F2N2O3/c25-24(26)30-20-9-8-17(12-21(20)31-24)23(10-11-23)22(29)13-18-2-1-3-19(28-18)16-6-4-15(14-27)5-7-16/h1-9,12H,10-11,13-14,27H2. The van der Waals surface area contributed by atoms with Crippen LogP contribution in [-0.2, 0) is 23.2 Å². The minimum Gasteiger partial charge on any atom is -0.395 e. The second-order valence-electron chi connectivity index (χ2n) is 7.93. The van der Waals surface area contributed by atoms with E-state index in [4.69, 9.17) is 5.73 Å². The number of carbonyl (C=O) groups is 1. The van der Waals surface area contributed by atoms with E-state index in [1.165, 1.54) is 12.1 Å². The van der Waals surface area contributed by atoms with Crippen molar-refractivity contribution in [1.29, 1.82) is 0 Å². The van der Waals surface area contributed by atoms with E-state index in [9.17, 15) is 13.6 Å². The molecule has 0 amide bonds. The summed E-state index contributed by atoms with van der Waals surface area (Å²) in [6.45, 7) is 0.474. The summed E-state index contributed by atoms with van der Waals surface area (Å²) in [4.78, 5) is 17.8. The van der Waals surface area contributed by atoms with E-state index in [1.807, 2.05) is 42.5 Å². The van der Waals surface area contributed by atoms with Crippen LogP contribution < -0.4 is 15.2 Å². The number of ketones is 1. The van der Waals surface area contributed by atoms with Crippen molar-refractivity contribution in [2.75, 3.05) is 0 Å². The van der Waals surface area contributed by atoms with Crippen molar-refractivity contribution in [1.82, 2.24) is 4.98 Å². The molecule has 0 saturated heterocycles. The van der Waals surface area contributed by atoms with Crippen LogP contribution in [0.2, 0.25) is 0 Å². The molecule has 1 fully saturated rings. The van der Waals surface area contributed by atoms with Crippen molar-refractivity contribution >= 4 is 5.78 Å². The summed E-state index contributed by atoms with van der Waals surface area (Å²) in [5.74, 6) is -0.0455. The third-order valence-electron chi connectivity index (χ3n) is 5.87. The lowest BCUT2D eigenvalue weighted by Crippen LogP contribution is -2.26. The van der Waals surface area contributed by atoms with Gasteiger partial charge < -0.3 is 15.2 Å². The highest BCUT2D eigenvalue weighted by molar-refractivity contribution is 5.94. The van der Waals surface area contributed by atoms with Gasteiger partial charge in [0, 0.05) is 24.2 Å².